The van der Waals surface area contributed by atoms with Gasteiger partial charge < -0.3 is 0 Å². The van der Waals surface area contributed by atoms with Crippen LogP contribution in [-0.4, -0.2) is 5.78 Å². The van der Waals surface area contributed by atoms with Gasteiger partial charge in [0.2, 0.25) is 0 Å². The molecule has 0 N–H and O–H groups in total. The second-order valence-electron chi connectivity index (χ2n) is 4.72. The summed E-state index contributed by atoms with van der Waals surface area (Å²) < 4.78 is 26.1. The second-order valence-corrected chi connectivity index (χ2v) is 4.72. The van der Waals surface area contributed by atoms with Gasteiger partial charge in [0.1, 0.15) is 5.78 Å². The summed E-state index contributed by atoms with van der Waals surface area (Å²) in [5, 5.41) is 0. The Morgan fingerprint density at radius 3 is 2.35 bits per heavy atom. The molecule has 1 atom stereocenters. The number of Topliss-reactive ketones (excluding diaryl/α,β-unsaturated/α-hetero) is 1. The van der Waals surface area contributed by atoms with Gasteiger partial charge in [0.15, 0.2) is 11.6 Å². The third-order valence-electron chi connectivity index (χ3n) is 4.22. The predicted octanol–water partition coefficient (Wildman–Crippen LogP) is 3.83. The summed E-state index contributed by atoms with van der Waals surface area (Å²) in [5.74, 6) is -1.38. The average Bonchev–Trinajstić information content (AvgIpc) is 2.32. The molecule has 1 aromatic rings. The fourth-order valence-corrected chi connectivity index (χ4v) is 2.95. The summed E-state index contributed by atoms with van der Waals surface area (Å²) in [6, 6.07) is 3.96. The number of ketones is 1. The molecule has 2 rings (SSSR count). The van der Waals surface area contributed by atoms with E-state index in [-0.39, 0.29) is 17.1 Å². The molecule has 1 aromatic carbocycles. The highest BCUT2D eigenvalue weighted by molar-refractivity contribution is 5.93. The molecule has 1 unspecified atom stereocenters. The number of hydrogen-bond donors (Lipinski definition) is 0. The molecule has 17 heavy (non-hydrogen) atoms. The Morgan fingerprint density at radius 1 is 1.24 bits per heavy atom. The SMILES string of the molecule is CCC1(CC)C(=O)CC1c1ccc(F)c(F)c1. The van der Waals surface area contributed by atoms with Gasteiger partial charge in [-0.15, -0.1) is 0 Å². The van der Waals surface area contributed by atoms with Crippen molar-refractivity contribution in [2.75, 3.05) is 0 Å². The van der Waals surface area contributed by atoms with Crippen molar-refractivity contribution in [2.24, 2.45) is 5.41 Å². The van der Waals surface area contributed by atoms with Gasteiger partial charge in [-0.05, 0) is 30.5 Å². The summed E-state index contributed by atoms with van der Waals surface area (Å²) in [6.07, 6.45) is 1.96. The average molecular weight is 238 g/mol. The summed E-state index contributed by atoms with van der Waals surface area (Å²) in [5.41, 5.74) is 0.386. The van der Waals surface area contributed by atoms with Crippen LogP contribution in [0.2, 0.25) is 0 Å². The van der Waals surface area contributed by atoms with E-state index in [0.717, 1.165) is 24.5 Å². The summed E-state index contributed by atoms with van der Waals surface area (Å²) in [4.78, 5) is 11.8. The molecule has 0 bridgehead atoms. The Labute approximate surface area is 99.8 Å². The highest BCUT2D eigenvalue weighted by atomic mass is 19.2. The van der Waals surface area contributed by atoms with E-state index < -0.39 is 11.6 Å². The van der Waals surface area contributed by atoms with Crippen molar-refractivity contribution in [3.05, 3.63) is 35.4 Å². The van der Waals surface area contributed by atoms with Crippen LogP contribution in [0, 0.1) is 17.0 Å². The Balaban J connectivity index is 2.35. The fourth-order valence-electron chi connectivity index (χ4n) is 2.95. The highest BCUT2D eigenvalue weighted by Gasteiger charge is 2.52. The Hall–Kier alpha value is -1.25. The van der Waals surface area contributed by atoms with E-state index in [1.165, 1.54) is 6.07 Å². The zero-order chi connectivity index (χ0) is 12.6. The van der Waals surface area contributed by atoms with Crippen molar-refractivity contribution in [1.29, 1.82) is 0 Å². The molecule has 3 heteroatoms. The molecule has 1 nitrogen and oxygen atoms in total. The van der Waals surface area contributed by atoms with Crippen molar-refractivity contribution in [1.82, 2.24) is 0 Å². The van der Waals surface area contributed by atoms with Gasteiger partial charge in [-0.1, -0.05) is 19.9 Å². The standard InChI is InChI=1S/C14H16F2O/c1-3-14(4-2)10(8-13(14)17)9-5-6-11(15)12(16)7-9/h5-7,10H,3-4,8H2,1-2H3. The minimum absolute atomic E-state index is 0.0418. The number of hydrogen-bond acceptors (Lipinski definition) is 1. The quantitative estimate of drug-likeness (QED) is 0.782. The van der Waals surface area contributed by atoms with E-state index in [1.807, 2.05) is 13.8 Å². The summed E-state index contributed by atoms with van der Waals surface area (Å²) in [6.45, 7) is 3.96. The first-order valence-electron chi connectivity index (χ1n) is 6.03. The smallest absolute Gasteiger partial charge is 0.159 e. The van der Waals surface area contributed by atoms with Crippen molar-refractivity contribution < 1.29 is 13.6 Å². The van der Waals surface area contributed by atoms with Gasteiger partial charge in [-0.3, -0.25) is 4.79 Å². The van der Waals surface area contributed by atoms with Crippen molar-refractivity contribution >= 4 is 5.78 Å². The maximum Gasteiger partial charge on any atom is 0.159 e. The Bertz CT molecular complexity index is 450. The van der Waals surface area contributed by atoms with E-state index in [9.17, 15) is 13.6 Å². The zero-order valence-electron chi connectivity index (χ0n) is 10.1. The van der Waals surface area contributed by atoms with Gasteiger partial charge in [-0.25, -0.2) is 8.78 Å². The van der Waals surface area contributed by atoms with E-state index >= 15 is 0 Å². The van der Waals surface area contributed by atoms with Gasteiger partial charge in [-0.2, -0.15) is 0 Å². The van der Waals surface area contributed by atoms with Gasteiger partial charge in [0.25, 0.3) is 0 Å². The number of carbonyl (C=O) groups is 1. The molecule has 0 spiro atoms. The number of halogens is 2. The van der Waals surface area contributed by atoms with E-state index in [0.29, 0.717) is 6.42 Å². The molecular weight excluding hydrogens is 222 g/mol. The van der Waals surface area contributed by atoms with Crippen LogP contribution in [0.15, 0.2) is 18.2 Å². The van der Waals surface area contributed by atoms with Gasteiger partial charge >= 0.3 is 0 Å². The third-order valence-corrected chi connectivity index (χ3v) is 4.22. The largest absolute Gasteiger partial charge is 0.299 e. The first-order chi connectivity index (χ1) is 8.05. The molecule has 1 saturated carbocycles. The van der Waals surface area contributed by atoms with E-state index in [1.54, 1.807) is 6.07 Å². The topological polar surface area (TPSA) is 17.1 Å². The first kappa shape index (κ1) is 12.2. The minimum atomic E-state index is -0.835. The first-order valence-corrected chi connectivity index (χ1v) is 6.03. The van der Waals surface area contributed by atoms with Crippen molar-refractivity contribution in [3.8, 4) is 0 Å². The molecule has 0 amide bonds. The molecular formula is C14H16F2O. The Kier molecular flexibility index (Phi) is 3.02. The van der Waals surface area contributed by atoms with E-state index in [2.05, 4.69) is 0 Å². The lowest BCUT2D eigenvalue weighted by Gasteiger charge is -2.47. The molecule has 0 heterocycles. The molecule has 92 valence electrons. The molecule has 0 aliphatic heterocycles. The summed E-state index contributed by atoms with van der Waals surface area (Å²) >= 11 is 0. The maximum absolute atomic E-state index is 13.2. The van der Waals surface area contributed by atoms with Gasteiger partial charge in [0, 0.05) is 17.8 Å². The fraction of sp³-hybridized carbons (Fsp3) is 0.500. The molecule has 0 saturated heterocycles. The molecule has 0 radical (unpaired) electrons. The molecule has 0 aromatic heterocycles. The lowest BCUT2D eigenvalue weighted by molar-refractivity contribution is -0.141. The van der Waals surface area contributed by atoms with E-state index in [4.69, 9.17) is 0 Å². The van der Waals surface area contributed by atoms with Crippen molar-refractivity contribution in [3.63, 3.8) is 0 Å². The normalized spacial score (nSPS) is 22.4. The minimum Gasteiger partial charge on any atom is -0.299 e. The van der Waals surface area contributed by atoms with Crippen LogP contribution in [0.25, 0.3) is 0 Å². The van der Waals surface area contributed by atoms with Crippen LogP contribution >= 0.6 is 0 Å². The van der Waals surface area contributed by atoms with Crippen LogP contribution in [0.1, 0.15) is 44.6 Å². The number of benzene rings is 1. The van der Waals surface area contributed by atoms with Gasteiger partial charge in [0.05, 0.1) is 0 Å². The predicted molar refractivity (Wildman–Crippen MR) is 61.7 cm³/mol. The lowest BCUT2D eigenvalue weighted by Crippen LogP contribution is -2.47. The zero-order valence-corrected chi connectivity index (χ0v) is 10.1. The Morgan fingerprint density at radius 2 is 1.88 bits per heavy atom. The summed E-state index contributed by atoms with van der Waals surface area (Å²) in [7, 11) is 0. The maximum atomic E-state index is 13.2. The van der Waals surface area contributed by atoms with Crippen LogP contribution in [0.4, 0.5) is 8.78 Å². The van der Waals surface area contributed by atoms with Crippen LogP contribution in [0.5, 0.6) is 0 Å². The third kappa shape index (κ3) is 1.68. The molecule has 1 aliphatic carbocycles. The molecule has 1 aliphatic rings. The monoisotopic (exact) mass is 238 g/mol. The highest BCUT2D eigenvalue weighted by Crippen LogP contribution is 2.54. The molecule has 1 fully saturated rings. The lowest BCUT2D eigenvalue weighted by atomic mass is 9.54. The van der Waals surface area contributed by atoms with Crippen LogP contribution in [-0.2, 0) is 4.79 Å². The van der Waals surface area contributed by atoms with Crippen LogP contribution in [0.3, 0.4) is 0 Å². The number of rotatable bonds is 3. The second kappa shape index (κ2) is 4.21. The number of carbonyl (C=O) groups excluding carboxylic acids is 1. The van der Waals surface area contributed by atoms with Crippen LogP contribution < -0.4 is 0 Å². The van der Waals surface area contributed by atoms with Crippen molar-refractivity contribution in [2.45, 2.75) is 39.0 Å².